The van der Waals surface area contributed by atoms with Crippen LogP contribution in [-0.4, -0.2) is 70.5 Å². The van der Waals surface area contributed by atoms with E-state index < -0.39 is 36.1 Å². The summed E-state index contributed by atoms with van der Waals surface area (Å²) in [6, 6.07) is -1.26. The van der Waals surface area contributed by atoms with E-state index in [4.69, 9.17) is 14.3 Å². The van der Waals surface area contributed by atoms with E-state index in [2.05, 4.69) is 10.8 Å². The topological polar surface area (TPSA) is 130 Å². The van der Waals surface area contributed by atoms with E-state index in [0.29, 0.717) is 24.4 Å². The maximum Gasteiger partial charge on any atom is 0.433 e. The molecule has 2 fully saturated rings. The predicted octanol–water partition coefficient (Wildman–Crippen LogP) is 1.17. The Hall–Kier alpha value is -2.27. The maximum absolute atomic E-state index is 11.8. The Morgan fingerprint density at radius 2 is 2.00 bits per heavy atom. The summed E-state index contributed by atoms with van der Waals surface area (Å²) in [5.41, 5.74) is 1.49. The summed E-state index contributed by atoms with van der Waals surface area (Å²) in [6.45, 7) is 7.23. The number of hydrogen-bond donors (Lipinski definition) is 3. The average Bonchev–Trinajstić information content (AvgIpc) is 2.73. The minimum Gasteiger partial charge on any atom is -0.444 e. The number of carbonyl (C=O) groups excluding carboxylic acids is 3. The smallest absolute Gasteiger partial charge is 0.433 e. The molecule has 4 amide bonds. The van der Waals surface area contributed by atoms with Crippen LogP contribution in [0.5, 0.6) is 0 Å². The highest BCUT2D eigenvalue weighted by Crippen LogP contribution is 2.28. The third-order valence-electron chi connectivity index (χ3n) is 3.78. The van der Waals surface area contributed by atoms with Crippen LogP contribution in [0.15, 0.2) is 0 Å². The van der Waals surface area contributed by atoms with Crippen molar-refractivity contribution < 1.29 is 33.9 Å². The van der Waals surface area contributed by atoms with Gasteiger partial charge in [-0.3, -0.25) is 14.9 Å². The van der Waals surface area contributed by atoms with E-state index >= 15 is 0 Å². The van der Waals surface area contributed by atoms with Gasteiger partial charge in [0.15, 0.2) is 6.23 Å². The molecular formula is C15H26N4O7. The molecule has 2 heterocycles. The van der Waals surface area contributed by atoms with Crippen LogP contribution in [0, 0.1) is 0 Å². The van der Waals surface area contributed by atoms with Gasteiger partial charge in [-0.25, -0.2) is 19.4 Å². The number of hydrogen-bond acceptors (Lipinski definition) is 7. The first-order valence-electron chi connectivity index (χ1n) is 8.43. The molecule has 0 aromatic heterocycles. The third-order valence-corrected chi connectivity index (χ3v) is 3.78. The van der Waals surface area contributed by atoms with Gasteiger partial charge in [-0.1, -0.05) is 0 Å². The maximum atomic E-state index is 11.8. The highest BCUT2D eigenvalue weighted by molar-refractivity contribution is 5.77. The van der Waals surface area contributed by atoms with Crippen LogP contribution >= 0.6 is 0 Å². The van der Waals surface area contributed by atoms with Crippen molar-refractivity contribution in [2.24, 2.45) is 0 Å². The van der Waals surface area contributed by atoms with Crippen LogP contribution in [0.3, 0.4) is 0 Å². The van der Waals surface area contributed by atoms with Crippen LogP contribution in [-0.2, 0) is 14.3 Å². The molecule has 0 aliphatic carbocycles. The SMILES string of the molecule is C[C@@H](CONC(=O)O[C@H]1CC[C@@H]2CN1C(=O)N2O)NC(=O)OC(C)(C)C. The fraction of sp³-hybridized carbons (Fsp3) is 0.800. The second-order valence-corrected chi connectivity index (χ2v) is 7.33. The van der Waals surface area contributed by atoms with E-state index in [0.717, 1.165) is 0 Å². The van der Waals surface area contributed by atoms with E-state index in [1.54, 1.807) is 27.7 Å². The molecule has 3 N–H and O–H groups in total. The summed E-state index contributed by atoms with van der Waals surface area (Å²) < 4.78 is 10.3. The van der Waals surface area contributed by atoms with Crippen molar-refractivity contribution in [1.29, 1.82) is 0 Å². The second-order valence-electron chi connectivity index (χ2n) is 7.33. The van der Waals surface area contributed by atoms with Gasteiger partial charge in [0.05, 0.1) is 18.7 Å². The first-order valence-corrected chi connectivity index (χ1v) is 8.43. The molecule has 2 aliphatic heterocycles. The van der Waals surface area contributed by atoms with E-state index in [1.165, 1.54) is 4.90 Å². The second kappa shape index (κ2) is 7.96. The number of fused-ring (bicyclic) bond motifs is 2. The van der Waals surface area contributed by atoms with Crippen molar-refractivity contribution >= 4 is 18.2 Å². The zero-order valence-electron chi connectivity index (χ0n) is 15.4. The molecular weight excluding hydrogens is 348 g/mol. The molecule has 11 heteroatoms. The molecule has 2 bridgehead atoms. The van der Waals surface area contributed by atoms with Crippen molar-refractivity contribution in [2.45, 2.75) is 64.4 Å². The third kappa shape index (κ3) is 5.36. The van der Waals surface area contributed by atoms with Crippen molar-refractivity contribution in [3.8, 4) is 0 Å². The zero-order chi connectivity index (χ0) is 19.5. The first-order chi connectivity index (χ1) is 12.1. The van der Waals surface area contributed by atoms with Crippen LogP contribution in [0.2, 0.25) is 0 Å². The summed E-state index contributed by atoms with van der Waals surface area (Å²) in [7, 11) is 0. The molecule has 3 atom stereocenters. The lowest BCUT2D eigenvalue weighted by atomic mass is 10.1. The van der Waals surface area contributed by atoms with E-state index in [9.17, 15) is 19.6 Å². The van der Waals surface area contributed by atoms with Gasteiger partial charge in [-0.2, -0.15) is 5.48 Å². The molecule has 2 aliphatic rings. The molecule has 148 valence electrons. The summed E-state index contributed by atoms with van der Waals surface area (Å²) in [5, 5.41) is 12.8. The molecule has 0 unspecified atom stereocenters. The molecule has 0 spiro atoms. The largest absolute Gasteiger partial charge is 0.444 e. The number of rotatable bonds is 5. The van der Waals surface area contributed by atoms with Crippen molar-refractivity contribution in [1.82, 2.24) is 20.8 Å². The van der Waals surface area contributed by atoms with Crippen molar-refractivity contribution in [2.75, 3.05) is 13.2 Å². The molecule has 2 saturated heterocycles. The highest BCUT2D eigenvalue weighted by Gasteiger charge is 2.45. The lowest BCUT2D eigenvalue weighted by Crippen LogP contribution is -2.45. The number of nitrogens with zero attached hydrogens (tertiary/aromatic N) is 2. The van der Waals surface area contributed by atoms with Gasteiger partial charge in [-0.15, -0.1) is 0 Å². The van der Waals surface area contributed by atoms with E-state index in [-0.39, 0.29) is 12.6 Å². The van der Waals surface area contributed by atoms with Gasteiger partial charge in [0, 0.05) is 13.0 Å². The zero-order valence-corrected chi connectivity index (χ0v) is 15.4. The minimum atomic E-state index is -0.859. The first kappa shape index (κ1) is 20.0. The predicted molar refractivity (Wildman–Crippen MR) is 86.9 cm³/mol. The molecule has 0 radical (unpaired) electrons. The molecule has 0 saturated carbocycles. The van der Waals surface area contributed by atoms with Gasteiger partial charge in [-0.05, 0) is 34.1 Å². The number of carbonyl (C=O) groups is 3. The number of ether oxygens (including phenoxy) is 2. The number of hydroxylamine groups is 3. The standard InChI is InChI=1S/C15H26N4O7/c1-9(16-12(20)26-15(2,3)4)8-24-17-13(21)25-11-6-5-10-7-18(11)14(22)19(10)23/h9-11,23H,5-8H2,1-4H3,(H,16,20)(H,17,21)/t9-,10+,11-/m0/s1. The molecule has 11 nitrogen and oxygen atoms in total. The molecule has 0 aromatic carbocycles. The number of amides is 4. The van der Waals surface area contributed by atoms with Crippen molar-refractivity contribution in [3.63, 3.8) is 0 Å². The summed E-state index contributed by atoms with van der Waals surface area (Å²) in [5.74, 6) is 0. The molecule has 0 aromatic rings. The number of urea groups is 1. The van der Waals surface area contributed by atoms with Crippen LogP contribution in [0.1, 0.15) is 40.5 Å². The molecule has 2 rings (SSSR count). The Kier molecular flexibility index (Phi) is 6.13. The van der Waals surface area contributed by atoms with Crippen molar-refractivity contribution in [3.05, 3.63) is 0 Å². The van der Waals surface area contributed by atoms with Crippen LogP contribution < -0.4 is 10.8 Å². The van der Waals surface area contributed by atoms with Gasteiger partial charge < -0.3 is 14.8 Å². The minimum absolute atomic E-state index is 0.00581. The van der Waals surface area contributed by atoms with Gasteiger partial charge in [0.1, 0.15) is 5.60 Å². The highest BCUT2D eigenvalue weighted by atomic mass is 16.7. The lowest BCUT2D eigenvalue weighted by Gasteiger charge is -2.29. The summed E-state index contributed by atoms with van der Waals surface area (Å²) in [4.78, 5) is 41.5. The Bertz CT molecular complexity index is 551. The number of alkyl carbamates (subject to hydrolysis) is 1. The Labute approximate surface area is 151 Å². The van der Waals surface area contributed by atoms with Crippen LogP contribution in [0.4, 0.5) is 14.4 Å². The number of piperidine rings is 1. The van der Waals surface area contributed by atoms with Crippen LogP contribution in [0.25, 0.3) is 0 Å². The number of nitrogens with one attached hydrogen (secondary N) is 2. The van der Waals surface area contributed by atoms with E-state index in [1.807, 2.05) is 0 Å². The Balaban J connectivity index is 1.66. The normalized spacial score (nSPS) is 23.5. The Morgan fingerprint density at radius 3 is 2.65 bits per heavy atom. The quantitative estimate of drug-likeness (QED) is 0.486. The van der Waals surface area contributed by atoms with Gasteiger partial charge in [0.25, 0.3) is 0 Å². The fourth-order valence-corrected chi connectivity index (χ4v) is 2.66. The monoisotopic (exact) mass is 374 g/mol. The summed E-state index contributed by atoms with van der Waals surface area (Å²) in [6.07, 6.45) is -1.24. The fourth-order valence-electron chi connectivity index (χ4n) is 2.66. The Morgan fingerprint density at radius 1 is 1.31 bits per heavy atom. The molecule has 26 heavy (non-hydrogen) atoms. The van der Waals surface area contributed by atoms with Gasteiger partial charge >= 0.3 is 18.2 Å². The summed E-state index contributed by atoms with van der Waals surface area (Å²) >= 11 is 0. The lowest BCUT2D eigenvalue weighted by molar-refractivity contribution is -0.0598. The average molecular weight is 374 g/mol. The van der Waals surface area contributed by atoms with Gasteiger partial charge in [0.2, 0.25) is 0 Å².